The summed E-state index contributed by atoms with van der Waals surface area (Å²) in [6.45, 7) is 10.6. The molecule has 2 saturated heterocycles. The van der Waals surface area contributed by atoms with Crippen molar-refractivity contribution in [3.05, 3.63) is 30.1 Å². The molecule has 1 unspecified atom stereocenters. The van der Waals surface area contributed by atoms with Gasteiger partial charge in [-0.2, -0.15) is 4.98 Å². The second kappa shape index (κ2) is 9.18. The molecule has 4 aliphatic rings. The van der Waals surface area contributed by atoms with Gasteiger partial charge in [0.15, 0.2) is 0 Å². The quantitative estimate of drug-likeness (QED) is 0.676. The molecule has 3 fully saturated rings. The van der Waals surface area contributed by atoms with Crippen LogP contribution < -0.4 is 20.4 Å². The Morgan fingerprint density at radius 1 is 1.08 bits per heavy atom. The van der Waals surface area contributed by atoms with Gasteiger partial charge >= 0.3 is 0 Å². The molecule has 6 rings (SSSR count). The van der Waals surface area contributed by atoms with Gasteiger partial charge in [-0.1, -0.05) is 26.2 Å². The van der Waals surface area contributed by atoms with E-state index in [1.165, 1.54) is 19.3 Å². The minimum Gasteiger partial charge on any atom is -0.367 e. The van der Waals surface area contributed by atoms with Gasteiger partial charge in [-0.3, -0.25) is 9.69 Å². The van der Waals surface area contributed by atoms with Gasteiger partial charge in [-0.25, -0.2) is 9.97 Å². The second-order valence-corrected chi connectivity index (χ2v) is 11.1. The fraction of sp³-hybridized carbons (Fsp3) is 0.630. The lowest BCUT2D eigenvalue weighted by Gasteiger charge is -2.51. The molecule has 1 aliphatic carbocycles. The van der Waals surface area contributed by atoms with Crippen LogP contribution >= 0.6 is 0 Å². The maximum Gasteiger partial charge on any atom is 0.243 e. The molecular weight excluding hydrogens is 452 g/mol. The number of hydrogen-bond acceptors (Lipinski definition) is 8. The number of hydrogen-bond donors (Lipinski definition) is 2. The minimum absolute atomic E-state index is 0.0241. The molecule has 0 aromatic carbocycles. The highest BCUT2D eigenvalue weighted by molar-refractivity contribution is 5.90. The van der Waals surface area contributed by atoms with Crippen molar-refractivity contribution in [2.24, 2.45) is 0 Å². The number of aromatic nitrogens is 3. The van der Waals surface area contributed by atoms with Gasteiger partial charge in [-0.15, -0.1) is 0 Å². The zero-order valence-electron chi connectivity index (χ0n) is 21.7. The van der Waals surface area contributed by atoms with Crippen LogP contribution in [-0.4, -0.2) is 75.6 Å². The number of rotatable bonds is 4. The molecule has 9 heteroatoms. The van der Waals surface area contributed by atoms with Crippen LogP contribution in [0.2, 0.25) is 0 Å². The molecule has 192 valence electrons. The van der Waals surface area contributed by atoms with E-state index < -0.39 is 0 Å². The van der Waals surface area contributed by atoms with Gasteiger partial charge in [0, 0.05) is 49.9 Å². The van der Waals surface area contributed by atoms with Crippen LogP contribution in [0.5, 0.6) is 0 Å². The summed E-state index contributed by atoms with van der Waals surface area (Å²) >= 11 is 0. The SMILES string of the molecule is CCN1[C@H](C)CN(c2ccc(Nc3ncc4c(n3)N3C(C4)C(=O)NCC34CCCCC4)nc2)C[C@@H]1C. The molecule has 3 aliphatic heterocycles. The maximum atomic E-state index is 12.8. The van der Waals surface area contributed by atoms with Crippen molar-refractivity contribution >= 4 is 29.2 Å². The summed E-state index contributed by atoms with van der Waals surface area (Å²) in [6, 6.07) is 5.00. The topological polar surface area (TPSA) is 89.5 Å². The van der Waals surface area contributed by atoms with E-state index >= 15 is 0 Å². The number of piperazine rings is 2. The van der Waals surface area contributed by atoms with Crippen molar-refractivity contribution < 1.29 is 4.79 Å². The van der Waals surface area contributed by atoms with E-state index in [9.17, 15) is 4.79 Å². The molecule has 9 nitrogen and oxygen atoms in total. The lowest BCUT2D eigenvalue weighted by Crippen LogP contribution is -2.67. The molecule has 1 spiro atoms. The van der Waals surface area contributed by atoms with Crippen molar-refractivity contribution in [2.75, 3.05) is 41.3 Å². The lowest BCUT2D eigenvalue weighted by molar-refractivity contribution is -0.124. The summed E-state index contributed by atoms with van der Waals surface area (Å²) in [5.74, 6) is 2.29. The first-order chi connectivity index (χ1) is 17.5. The largest absolute Gasteiger partial charge is 0.367 e. The Morgan fingerprint density at radius 3 is 2.56 bits per heavy atom. The van der Waals surface area contributed by atoms with Crippen molar-refractivity contribution in [1.82, 2.24) is 25.2 Å². The average Bonchev–Trinajstić information content (AvgIpc) is 3.28. The summed E-state index contributed by atoms with van der Waals surface area (Å²) in [5, 5.41) is 6.49. The van der Waals surface area contributed by atoms with Crippen LogP contribution in [-0.2, 0) is 11.2 Å². The minimum atomic E-state index is -0.174. The van der Waals surface area contributed by atoms with Crippen molar-refractivity contribution in [2.45, 2.75) is 83.0 Å². The molecule has 2 aromatic rings. The Hall–Kier alpha value is -2.94. The van der Waals surface area contributed by atoms with Crippen LogP contribution in [0.1, 0.15) is 58.4 Å². The number of nitrogens with zero attached hydrogens (tertiary/aromatic N) is 6. The van der Waals surface area contributed by atoms with E-state index in [2.05, 4.69) is 62.1 Å². The molecule has 1 saturated carbocycles. The number of pyridine rings is 1. The number of carbonyl (C=O) groups is 1. The number of likely N-dealkylation sites (N-methyl/N-ethyl adjacent to an activating group) is 1. The molecule has 0 radical (unpaired) electrons. The van der Waals surface area contributed by atoms with Gasteiger partial charge in [0.05, 0.1) is 17.4 Å². The van der Waals surface area contributed by atoms with Gasteiger partial charge < -0.3 is 20.4 Å². The van der Waals surface area contributed by atoms with E-state index in [1.807, 2.05) is 18.5 Å². The fourth-order valence-corrected chi connectivity index (χ4v) is 7.06. The number of carbonyl (C=O) groups excluding carboxylic acids is 1. The molecule has 3 atom stereocenters. The Bertz CT molecular complexity index is 1100. The third kappa shape index (κ3) is 3.97. The fourth-order valence-electron chi connectivity index (χ4n) is 7.06. The van der Waals surface area contributed by atoms with Crippen molar-refractivity contribution in [1.29, 1.82) is 0 Å². The average molecular weight is 491 g/mol. The normalized spacial score (nSPS) is 27.5. The first kappa shape index (κ1) is 23.5. The molecular formula is C27H38N8O. The van der Waals surface area contributed by atoms with Crippen LogP contribution in [0, 0.1) is 0 Å². The van der Waals surface area contributed by atoms with Crippen molar-refractivity contribution in [3.8, 4) is 0 Å². The summed E-state index contributed by atoms with van der Waals surface area (Å²) in [7, 11) is 0. The number of amides is 1. The molecule has 2 N–H and O–H groups in total. The van der Waals surface area contributed by atoms with Crippen LogP contribution in [0.25, 0.3) is 0 Å². The Labute approximate surface area is 213 Å². The summed E-state index contributed by atoms with van der Waals surface area (Å²) in [5.41, 5.74) is 2.18. The standard InChI is InChI=1S/C27H38N8O/c1-4-34-18(2)15-33(16-19(34)3)21-8-9-23(28-14-21)31-26-29-13-20-12-22-25(36)30-17-27(10-6-5-7-11-27)35(22)24(20)32-26/h8-9,13-14,18-19,22H,4-7,10-12,15-17H2,1-3H3,(H,30,36)(H,28,29,31,32)/t18-,19+,22?. The summed E-state index contributed by atoms with van der Waals surface area (Å²) in [4.78, 5) is 34.3. The first-order valence-corrected chi connectivity index (χ1v) is 13.6. The number of fused-ring (bicyclic) bond motifs is 4. The Kier molecular flexibility index (Phi) is 5.98. The van der Waals surface area contributed by atoms with Crippen LogP contribution in [0.4, 0.5) is 23.3 Å². The zero-order valence-corrected chi connectivity index (χ0v) is 21.7. The third-order valence-corrected chi connectivity index (χ3v) is 8.80. The first-order valence-electron chi connectivity index (χ1n) is 13.6. The monoisotopic (exact) mass is 490 g/mol. The highest BCUT2D eigenvalue weighted by Crippen LogP contribution is 2.44. The predicted octanol–water partition coefficient (Wildman–Crippen LogP) is 3.10. The van der Waals surface area contributed by atoms with Gasteiger partial charge in [0.2, 0.25) is 11.9 Å². The van der Waals surface area contributed by atoms with Gasteiger partial charge in [0.25, 0.3) is 0 Å². The van der Waals surface area contributed by atoms with Crippen molar-refractivity contribution in [3.63, 3.8) is 0 Å². The van der Waals surface area contributed by atoms with E-state index in [0.29, 0.717) is 31.0 Å². The molecule has 5 heterocycles. The van der Waals surface area contributed by atoms with E-state index in [-0.39, 0.29) is 17.5 Å². The smallest absolute Gasteiger partial charge is 0.243 e. The summed E-state index contributed by atoms with van der Waals surface area (Å²) < 4.78 is 0. The third-order valence-electron chi connectivity index (χ3n) is 8.80. The maximum absolute atomic E-state index is 12.8. The van der Waals surface area contributed by atoms with Crippen LogP contribution in [0.3, 0.4) is 0 Å². The lowest BCUT2D eigenvalue weighted by atomic mass is 9.78. The van der Waals surface area contributed by atoms with Gasteiger partial charge in [-0.05, 0) is 45.4 Å². The highest BCUT2D eigenvalue weighted by atomic mass is 16.2. The molecule has 1 amide bonds. The van der Waals surface area contributed by atoms with Gasteiger partial charge in [0.1, 0.15) is 17.7 Å². The molecule has 36 heavy (non-hydrogen) atoms. The van der Waals surface area contributed by atoms with E-state index in [1.54, 1.807) is 0 Å². The number of nitrogens with one attached hydrogen (secondary N) is 2. The number of anilines is 4. The van der Waals surface area contributed by atoms with E-state index in [4.69, 9.17) is 4.98 Å². The molecule has 2 aromatic heterocycles. The van der Waals surface area contributed by atoms with E-state index in [0.717, 1.165) is 55.4 Å². The Morgan fingerprint density at radius 2 is 1.86 bits per heavy atom. The Balaban J connectivity index is 1.20. The zero-order chi connectivity index (χ0) is 24.9. The summed E-state index contributed by atoms with van der Waals surface area (Å²) in [6.07, 6.45) is 10.4. The highest BCUT2D eigenvalue weighted by Gasteiger charge is 2.51. The predicted molar refractivity (Wildman–Crippen MR) is 142 cm³/mol. The second-order valence-electron chi connectivity index (χ2n) is 11.1. The van der Waals surface area contributed by atoms with Crippen LogP contribution in [0.15, 0.2) is 24.5 Å². The molecule has 0 bridgehead atoms.